The number of rotatable bonds is 7. The Balaban J connectivity index is 2.76. The maximum Gasteiger partial charge on any atom is 0.261 e. The summed E-state index contributed by atoms with van der Waals surface area (Å²) in [6.45, 7) is 10.2. The van der Waals surface area contributed by atoms with Gasteiger partial charge in [-0.2, -0.15) is 0 Å². The van der Waals surface area contributed by atoms with Crippen molar-refractivity contribution in [3.8, 4) is 5.75 Å². The zero-order valence-corrected chi connectivity index (χ0v) is 13.3. The number of benzene rings is 1. The fraction of sp³-hybridized carbons (Fsp3) is 0.588. The molecule has 1 aromatic carbocycles. The molecule has 3 nitrogen and oxygen atoms in total. The van der Waals surface area contributed by atoms with Crippen molar-refractivity contribution in [2.45, 2.75) is 66.0 Å². The molecule has 0 spiro atoms. The minimum atomic E-state index is -0.420. The third kappa shape index (κ3) is 4.55. The number of carbonyl (C=O) groups is 1. The first-order valence-electron chi connectivity index (χ1n) is 7.56. The maximum atomic E-state index is 12.3. The molecule has 0 saturated carbocycles. The van der Waals surface area contributed by atoms with Gasteiger partial charge in [0.2, 0.25) is 0 Å². The molecule has 0 fully saturated rings. The highest BCUT2D eigenvalue weighted by atomic mass is 16.5. The predicted octanol–water partition coefficient (Wildman–Crippen LogP) is 3.77. The minimum absolute atomic E-state index is 0.0119. The summed E-state index contributed by atoms with van der Waals surface area (Å²) in [6, 6.07) is 6.30. The molecule has 0 aliphatic carbocycles. The average Bonchev–Trinajstić information content (AvgIpc) is 2.45. The molecule has 0 aliphatic rings. The topological polar surface area (TPSA) is 38.3 Å². The summed E-state index contributed by atoms with van der Waals surface area (Å²) in [5.41, 5.74) is 2.20. The Hall–Kier alpha value is -1.51. The molecule has 0 saturated heterocycles. The van der Waals surface area contributed by atoms with Crippen LogP contribution in [0.3, 0.4) is 0 Å². The van der Waals surface area contributed by atoms with Crippen LogP contribution in [0.1, 0.15) is 51.2 Å². The molecule has 1 N–H and O–H groups in total. The average molecular weight is 277 g/mol. The van der Waals surface area contributed by atoms with Crippen molar-refractivity contribution in [1.29, 1.82) is 0 Å². The third-order valence-electron chi connectivity index (χ3n) is 3.61. The van der Waals surface area contributed by atoms with Gasteiger partial charge in [0, 0.05) is 6.04 Å². The highest BCUT2D eigenvalue weighted by Gasteiger charge is 2.21. The van der Waals surface area contributed by atoms with Crippen molar-refractivity contribution in [2.75, 3.05) is 0 Å². The van der Waals surface area contributed by atoms with E-state index < -0.39 is 6.10 Å². The Morgan fingerprint density at radius 2 is 1.80 bits per heavy atom. The van der Waals surface area contributed by atoms with Gasteiger partial charge >= 0.3 is 0 Å². The Kier molecular flexibility index (Phi) is 6.56. The molecule has 0 heterocycles. The Morgan fingerprint density at radius 1 is 1.15 bits per heavy atom. The van der Waals surface area contributed by atoms with E-state index >= 15 is 0 Å². The number of carbonyl (C=O) groups excluding carboxylic acids is 1. The highest BCUT2D eigenvalue weighted by Crippen LogP contribution is 2.21. The Labute approximate surface area is 122 Å². The summed E-state index contributed by atoms with van der Waals surface area (Å²) in [6.07, 6.45) is 2.14. The molecule has 0 aromatic heterocycles. The van der Waals surface area contributed by atoms with Crippen LogP contribution >= 0.6 is 0 Å². The first-order chi connectivity index (χ1) is 9.51. The second kappa shape index (κ2) is 7.93. The molecule has 1 atom stereocenters. The van der Waals surface area contributed by atoms with Crippen molar-refractivity contribution in [1.82, 2.24) is 5.32 Å². The van der Waals surface area contributed by atoms with E-state index in [0.29, 0.717) is 6.42 Å². The molecule has 1 amide bonds. The van der Waals surface area contributed by atoms with Gasteiger partial charge in [0.15, 0.2) is 6.10 Å². The normalized spacial score (nSPS) is 12.3. The summed E-state index contributed by atoms with van der Waals surface area (Å²) in [5.74, 6) is 0.790. The molecule has 1 unspecified atom stereocenters. The van der Waals surface area contributed by atoms with Gasteiger partial charge in [0.1, 0.15) is 5.75 Å². The number of amides is 1. The quantitative estimate of drug-likeness (QED) is 0.824. The van der Waals surface area contributed by atoms with Gasteiger partial charge in [-0.3, -0.25) is 4.79 Å². The first-order valence-corrected chi connectivity index (χ1v) is 7.56. The van der Waals surface area contributed by atoms with Crippen LogP contribution in [0.25, 0.3) is 0 Å². The molecular formula is C17H27NO2. The van der Waals surface area contributed by atoms with Gasteiger partial charge < -0.3 is 10.1 Å². The Morgan fingerprint density at radius 3 is 2.35 bits per heavy atom. The van der Waals surface area contributed by atoms with Crippen molar-refractivity contribution >= 4 is 5.91 Å². The van der Waals surface area contributed by atoms with Crippen LogP contribution in [-0.2, 0) is 4.79 Å². The number of hydrogen-bond acceptors (Lipinski definition) is 2. The van der Waals surface area contributed by atoms with Gasteiger partial charge in [-0.15, -0.1) is 0 Å². The second-order valence-corrected chi connectivity index (χ2v) is 5.31. The predicted molar refractivity (Wildman–Crippen MR) is 83.1 cm³/mol. The largest absolute Gasteiger partial charge is 0.480 e. The molecule has 3 heteroatoms. The third-order valence-corrected chi connectivity index (χ3v) is 3.61. The van der Waals surface area contributed by atoms with Crippen molar-refractivity contribution in [3.63, 3.8) is 0 Å². The highest BCUT2D eigenvalue weighted by molar-refractivity contribution is 5.81. The van der Waals surface area contributed by atoms with Crippen molar-refractivity contribution in [3.05, 3.63) is 29.3 Å². The zero-order chi connectivity index (χ0) is 15.1. The van der Waals surface area contributed by atoms with Crippen LogP contribution in [0, 0.1) is 13.8 Å². The number of hydrogen-bond donors (Lipinski definition) is 1. The van der Waals surface area contributed by atoms with Gasteiger partial charge in [-0.1, -0.05) is 32.9 Å². The number of ether oxygens (including phenoxy) is 1. The molecule has 0 radical (unpaired) electrons. The van der Waals surface area contributed by atoms with Gasteiger partial charge in [-0.25, -0.2) is 0 Å². The summed E-state index contributed by atoms with van der Waals surface area (Å²) in [5, 5.41) is 3.06. The van der Waals surface area contributed by atoms with Gasteiger partial charge in [0.05, 0.1) is 0 Å². The van der Waals surface area contributed by atoms with Crippen LogP contribution in [0.2, 0.25) is 0 Å². The first kappa shape index (κ1) is 16.5. The number of nitrogens with one attached hydrogen (secondary N) is 1. The molecule has 1 aromatic rings. The van der Waals surface area contributed by atoms with E-state index in [0.717, 1.165) is 29.7 Å². The standard InChI is InChI=1S/C17H27NO2/c1-6-14(7-2)18-17(19)15(8-3)20-16-11-12(4)9-10-13(16)5/h9-11,14-15H,6-8H2,1-5H3,(H,18,19). The van der Waals surface area contributed by atoms with Gasteiger partial charge in [0.25, 0.3) is 5.91 Å². The van der Waals surface area contributed by atoms with E-state index in [4.69, 9.17) is 4.74 Å². The van der Waals surface area contributed by atoms with E-state index in [9.17, 15) is 4.79 Å². The summed E-state index contributed by atoms with van der Waals surface area (Å²) < 4.78 is 5.91. The van der Waals surface area contributed by atoms with Crippen molar-refractivity contribution < 1.29 is 9.53 Å². The summed E-state index contributed by atoms with van der Waals surface area (Å²) in [4.78, 5) is 12.3. The van der Waals surface area contributed by atoms with E-state index in [-0.39, 0.29) is 11.9 Å². The smallest absolute Gasteiger partial charge is 0.261 e. The SMILES string of the molecule is CCC(CC)NC(=O)C(CC)Oc1cc(C)ccc1C. The number of aryl methyl sites for hydroxylation is 2. The summed E-state index contributed by atoms with van der Waals surface area (Å²) >= 11 is 0. The molecular weight excluding hydrogens is 250 g/mol. The minimum Gasteiger partial charge on any atom is -0.480 e. The molecule has 0 aliphatic heterocycles. The lowest BCUT2D eigenvalue weighted by Crippen LogP contribution is -2.43. The monoisotopic (exact) mass is 277 g/mol. The molecule has 20 heavy (non-hydrogen) atoms. The second-order valence-electron chi connectivity index (χ2n) is 5.31. The van der Waals surface area contributed by atoms with E-state index in [1.54, 1.807) is 0 Å². The van der Waals surface area contributed by atoms with Crippen molar-refractivity contribution in [2.24, 2.45) is 0 Å². The van der Waals surface area contributed by atoms with Crippen LogP contribution in [0.15, 0.2) is 18.2 Å². The lowest BCUT2D eigenvalue weighted by molar-refractivity contribution is -0.128. The van der Waals surface area contributed by atoms with Crippen LogP contribution in [-0.4, -0.2) is 18.1 Å². The lowest BCUT2D eigenvalue weighted by Gasteiger charge is -2.22. The Bertz CT molecular complexity index is 439. The fourth-order valence-corrected chi connectivity index (χ4v) is 2.10. The van der Waals surface area contributed by atoms with Crippen LogP contribution < -0.4 is 10.1 Å². The summed E-state index contributed by atoms with van der Waals surface area (Å²) in [7, 11) is 0. The van der Waals surface area contributed by atoms with E-state index in [2.05, 4.69) is 19.2 Å². The lowest BCUT2D eigenvalue weighted by atomic mass is 10.1. The van der Waals surface area contributed by atoms with Crippen LogP contribution in [0.5, 0.6) is 5.75 Å². The fourth-order valence-electron chi connectivity index (χ4n) is 2.10. The van der Waals surface area contributed by atoms with Crippen LogP contribution in [0.4, 0.5) is 0 Å². The molecule has 1 rings (SSSR count). The zero-order valence-electron chi connectivity index (χ0n) is 13.3. The maximum absolute atomic E-state index is 12.3. The van der Waals surface area contributed by atoms with E-state index in [1.807, 2.05) is 39.0 Å². The van der Waals surface area contributed by atoms with Gasteiger partial charge in [-0.05, 0) is 50.3 Å². The molecule has 112 valence electrons. The molecule has 0 bridgehead atoms. The van der Waals surface area contributed by atoms with E-state index in [1.165, 1.54) is 0 Å².